The highest BCUT2D eigenvalue weighted by atomic mass is 31.1. The van der Waals surface area contributed by atoms with Gasteiger partial charge in [-0.15, -0.1) is 0 Å². The summed E-state index contributed by atoms with van der Waals surface area (Å²) >= 11 is 0. The lowest BCUT2D eigenvalue weighted by Gasteiger charge is -2.01. The molecule has 4 nitrogen and oxygen atoms in total. The Bertz CT molecular complexity index is 98.9. The number of hydrogen-bond donors (Lipinski definition) is 1. The molecule has 0 fully saturated rings. The fourth-order valence-electron chi connectivity index (χ4n) is 0.396. The van der Waals surface area contributed by atoms with Crippen molar-refractivity contribution in [2.24, 2.45) is 0 Å². The highest BCUT2D eigenvalue weighted by Crippen LogP contribution is 2.21. The molecule has 0 saturated carbocycles. The first-order valence-corrected chi connectivity index (χ1v) is 4.48. The van der Waals surface area contributed by atoms with Gasteiger partial charge in [0, 0.05) is 6.54 Å². The molecule has 0 aliphatic carbocycles. The molecule has 1 unspecified atom stereocenters. The van der Waals surface area contributed by atoms with Crippen LogP contribution in [0.2, 0.25) is 0 Å². The Morgan fingerprint density at radius 3 is 2.70 bits per heavy atom. The molecule has 0 radical (unpaired) electrons. The SMILES string of the molecule is CCO[PH](=O)OCCNC. The van der Waals surface area contributed by atoms with Crippen LogP contribution in [0, 0.1) is 0 Å². The highest BCUT2D eigenvalue weighted by molar-refractivity contribution is 7.33. The van der Waals surface area contributed by atoms with Gasteiger partial charge in [-0.3, -0.25) is 4.57 Å². The second kappa shape index (κ2) is 7.22. The van der Waals surface area contributed by atoms with E-state index in [0.717, 1.165) is 0 Å². The Hall–Kier alpha value is 0.110. The zero-order chi connectivity index (χ0) is 7.82. The van der Waals surface area contributed by atoms with Crippen LogP contribution in [0.1, 0.15) is 6.92 Å². The molecule has 0 aromatic rings. The molecule has 1 atom stereocenters. The van der Waals surface area contributed by atoms with E-state index in [1.54, 1.807) is 14.0 Å². The molecule has 0 saturated heterocycles. The standard InChI is InChI=1S/C5H14NO3P/c1-3-8-10(7)9-5-4-6-2/h6,10H,3-5H2,1-2H3. The smallest absolute Gasteiger partial charge is 0.317 e. The lowest BCUT2D eigenvalue weighted by molar-refractivity contribution is 0.235. The van der Waals surface area contributed by atoms with Crippen molar-refractivity contribution in [1.82, 2.24) is 5.32 Å². The fraction of sp³-hybridized carbons (Fsp3) is 1.00. The van der Waals surface area contributed by atoms with Crippen LogP contribution in [0.15, 0.2) is 0 Å². The van der Waals surface area contributed by atoms with E-state index in [-0.39, 0.29) is 0 Å². The lowest BCUT2D eigenvalue weighted by atomic mass is 10.7. The van der Waals surface area contributed by atoms with Crippen LogP contribution < -0.4 is 5.32 Å². The molecule has 0 amide bonds. The number of hydrogen-bond acceptors (Lipinski definition) is 4. The molecule has 0 spiro atoms. The molecule has 0 aliphatic rings. The van der Waals surface area contributed by atoms with Gasteiger partial charge in [0.15, 0.2) is 0 Å². The van der Waals surface area contributed by atoms with Crippen LogP contribution in [0.25, 0.3) is 0 Å². The fourth-order valence-corrected chi connectivity index (χ4v) is 0.984. The predicted molar refractivity (Wildman–Crippen MR) is 40.5 cm³/mol. The van der Waals surface area contributed by atoms with Crippen molar-refractivity contribution in [2.45, 2.75) is 6.92 Å². The lowest BCUT2D eigenvalue weighted by Crippen LogP contribution is -2.12. The summed E-state index contributed by atoms with van der Waals surface area (Å²) in [6.45, 7) is 3.36. The van der Waals surface area contributed by atoms with Crippen LogP contribution in [-0.2, 0) is 13.6 Å². The first-order valence-electron chi connectivity index (χ1n) is 3.25. The van der Waals surface area contributed by atoms with Crippen molar-refractivity contribution in [3.05, 3.63) is 0 Å². The van der Waals surface area contributed by atoms with Crippen molar-refractivity contribution in [3.8, 4) is 0 Å². The van der Waals surface area contributed by atoms with Gasteiger partial charge in [0.25, 0.3) is 0 Å². The minimum absolute atomic E-state index is 0.439. The first-order chi connectivity index (χ1) is 4.81. The molecular formula is C5H14NO3P. The zero-order valence-corrected chi connectivity index (χ0v) is 7.35. The topological polar surface area (TPSA) is 47.6 Å². The monoisotopic (exact) mass is 167 g/mol. The Labute approximate surface area is 61.9 Å². The third-order valence-corrected chi connectivity index (χ3v) is 1.80. The largest absolute Gasteiger partial charge is 0.319 e. The normalized spacial score (nSPS) is 13.4. The van der Waals surface area contributed by atoms with Crippen LogP contribution in [0.5, 0.6) is 0 Å². The van der Waals surface area contributed by atoms with Crippen molar-refractivity contribution in [1.29, 1.82) is 0 Å². The summed E-state index contributed by atoms with van der Waals surface area (Å²) in [6.07, 6.45) is 0. The van der Waals surface area contributed by atoms with Crippen molar-refractivity contribution in [2.75, 3.05) is 26.8 Å². The number of rotatable bonds is 6. The maximum absolute atomic E-state index is 10.6. The van der Waals surface area contributed by atoms with Crippen LogP contribution in [0.4, 0.5) is 0 Å². The minimum Gasteiger partial charge on any atom is -0.317 e. The van der Waals surface area contributed by atoms with Gasteiger partial charge in [-0.2, -0.15) is 0 Å². The Morgan fingerprint density at radius 1 is 1.50 bits per heavy atom. The summed E-state index contributed by atoms with van der Waals surface area (Å²) in [5.74, 6) is 0. The molecular weight excluding hydrogens is 153 g/mol. The first kappa shape index (κ1) is 10.1. The molecule has 0 rings (SSSR count). The van der Waals surface area contributed by atoms with E-state index in [9.17, 15) is 4.57 Å². The van der Waals surface area contributed by atoms with E-state index < -0.39 is 8.25 Å². The minimum atomic E-state index is -2.20. The van der Waals surface area contributed by atoms with Crippen LogP contribution >= 0.6 is 8.25 Å². The van der Waals surface area contributed by atoms with E-state index in [4.69, 9.17) is 4.52 Å². The van der Waals surface area contributed by atoms with Gasteiger partial charge in [-0.1, -0.05) is 0 Å². The number of likely N-dealkylation sites (N-methyl/N-ethyl adjacent to an activating group) is 1. The van der Waals surface area contributed by atoms with Gasteiger partial charge < -0.3 is 14.4 Å². The summed E-state index contributed by atoms with van der Waals surface area (Å²) in [5.41, 5.74) is 0. The van der Waals surface area contributed by atoms with Crippen LogP contribution in [-0.4, -0.2) is 26.8 Å². The third-order valence-electron chi connectivity index (χ3n) is 0.834. The summed E-state index contributed by atoms with van der Waals surface area (Å²) in [6, 6.07) is 0. The molecule has 0 heterocycles. The molecule has 5 heteroatoms. The Morgan fingerprint density at radius 2 is 2.20 bits per heavy atom. The number of nitrogens with one attached hydrogen (secondary N) is 1. The molecule has 0 aromatic carbocycles. The average molecular weight is 167 g/mol. The van der Waals surface area contributed by atoms with Crippen molar-refractivity contribution >= 4 is 8.25 Å². The zero-order valence-electron chi connectivity index (χ0n) is 6.35. The Balaban J connectivity index is 3.05. The van der Waals surface area contributed by atoms with E-state index in [2.05, 4.69) is 9.84 Å². The van der Waals surface area contributed by atoms with Gasteiger partial charge >= 0.3 is 8.25 Å². The molecule has 0 aromatic heterocycles. The molecule has 10 heavy (non-hydrogen) atoms. The second-order valence-corrected chi connectivity index (χ2v) is 2.71. The predicted octanol–water partition coefficient (Wildman–Crippen LogP) is 0.649. The molecule has 62 valence electrons. The van der Waals surface area contributed by atoms with E-state index in [1.807, 2.05) is 0 Å². The van der Waals surface area contributed by atoms with Crippen molar-refractivity contribution in [3.63, 3.8) is 0 Å². The van der Waals surface area contributed by atoms with Crippen LogP contribution in [0.3, 0.4) is 0 Å². The second-order valence-electron chi connectivity index (χ2n) is 1.64. The third kappa shape index (κ3) is 6.23. The Kier molecular flexibility index (Phi) is 7.30. The highest BCUT2D eigenvalue weighted by Gasteiger charge is 1.94. The van der Waals surface area contributed by atoms with E-state index >= 15 is 0 Å². The van der Waals surface area contributed by atoms with Gasteiger partial charge in [-0.05, 0) is 14.0 Å². The summed E-state index contributed by atoms with van der Waals surface area (Å²) in [5, 5.41) is 2.86. The van der Waals surface area contributed by atoms with Gasteiger partial charge in [0.05, 0.1) is 13.2 Å². The molecule has 0 bridgehead atoms. The summed E-state index contributed by atoms with van der Waals surface area (Å²) < 4.78 is 20.1. The van der Waals surface area contributed by atoms with Gasteiger partial charge in [-0.25, -0.2) is 0 Å². The van der Waals surface area contributed by atoms with Gasteiger partial charge in [0.2, 0.25) is 0 Å². The maximum Gasteiger partial charge on any atom is 0.319 e. The van der Waals surface area contributed by atoms with E-state index in [0.29, 0.717) is 19.8 Å². The molecule has 1 N–H and O–H groups in total. The maximum atomic E-state index is 10.6. The quantitative estimate of drug-likeness (QED) is 0.466. The average Bonchev–Trinajstić information content (AvgIpc) is 1.89. The van der Waals surface area contributed by atoms with Crippen molar-refractivity contribution < 1.29 is 13.6 Å². The summed E-state index contributed by atoms with van der Waals surface area (Å²) in [4.78, 5) is 0. The van der Waals surface area contributed by atoms with E-state index in [1.165, 1.54) is 0 Å². The molecule has 0 aliphatic heterocycles. The summed E-state index contributed by atoms with van der Waals surface area (Å²) in [7, 11) is -0.396. The van der Waals surface area contributed by atoms with Gasteiger partial charge in [0.1, 0.15) is 0 Å².